The number of nitrogens with zero attached hydrogens (tertiary/aromatic N) is 1. The molecule has 2 atom stereocenters. The molecule has 126 valence electrons. The first-order valence-corrected chi connectivity index (χ1v) is 8.48. The van der Waals surface area contributed by atoms with Gasteiger partial charge in [-0.2, -0.15) is 0 Å². The highest BCUT2D eigenvalue weighted by atomic mass is 16.3. The van der Waals surface area contributed by atoms with Crippen LogP contribution in [0.25, 0.3) is 0 Å². The van der Waals surface area contributed by atoms with Crippen molar-refractivity contribution in [2.24, 2.45) is 0 Å². The number of benzene rings is 2. The lowest BCUT2D eigenvalue weighted by molar-refractivity contribution is 0.199. The predicted octanol–water partition coefficient (Wildman–Crippen LogP) is 3.44. The van der Waals surface area contributed by atoms with Crippen molar-refractivity contribution >= 4 is 6.03 Å². The van der Waals surface area contributed by atoms with E-state index < -0.39 is 6.10 Å². The molecular formula is C20H24N2O2. The molecule has 2 amide bonds. The third-order valence-electron chi connectivity index (χ3n) is 4.65. The van der Waals surface area contributed by atoms with Crippen molar-refractivity contribution in [3.05, 3.63) is 71.3 Å². The smallest absolute Gasteiger partial charge is 0.317 e. The minimum Gasteiger partial charge on any atom is -0.389 e. The number of amides is 2. The van der Waals surface area contributed by atoms with Crippen molar-refractivity contribution in [2.45, 2.75) is 31.9 Å². The van der Waals surface area contributed by atoms with Crippen molar-refractivity contribution in [1.82, 2.24) is 10.2 Å². The molecule has 1 aliphatic heterocycles. The number of carbonyl (C=O) groups is 1. The van der Waals surface area contributed by atoms with Gasteiger partial charge in [0.05, 0.1) is 6.10 Å². The highest BCUT2D eigenvalue weighted by Gasteiger charge is 2.26. The Balaban J connectivity index is 1.51. The second-order valence-corrected chi connectivity index (χ2v) is 6.42. The fourth-order valence-corrected chi connectivity index (χ4v) is 3.15. The first kappa shape index (κ1) is 16.5. The minimum absolute atomic E-state index is 0.00645. The van der Waals surface area contributed by atoms with Gasteiger partial charge in [0, 0.05) is 25.6 Å². The van der Waals surface area contributed by atoms with Crippen LogP contribution in [0.1, 0.15) is 42.1 Å². The Bertz CT molecular complexity index is 668. The highest BCUT2D eigenvalue weighted by Crippen LogP contribution is 2.26. The second kappa shape index (κ2) is 7.49. The largest absolute Gasteiger partial charge is 0.389 e. The lowest BCUT2D eigenvalue weighted by atomic mass is 9.99. The summed E-state index contributed by atoms with van der Waals surface area (Å²) < 4.78 is 0. The molecule has 1 saturated heterocycles. The van der Waals surface area contributed by atoms with E-state index in [-0.39, 0.29) is 6.03 Å². The average molecular weight is 324 g/mol. The average Bonchev–Trinajstić information content (AvgIpc) is 3.11. The first-order valence-electron chi connectivity index (χ1n) is 8.48. The summed E-state index contributed by atoms with van der Waals surface area (Å²) in [5.74, 6) is 0.433. The quantitative estimate of drug-likeness (QED) is 0.905. The van der Waals surface area contributed by atoms with Crippen molar-refractivity contribution in [2.75, 3.05) is 13.1 Å². The van der Waals surface area contributed by atoms with Gasteiger partial charge < -0.3 is 15.3 Å². The monoisotopic (exact) mass is 324 g/mol. The lowest BCUT2D eigenvalue weighted by Gasteiger charge is -2.18. The molecule has 0 bridgehead atoms. The van der Waals surface area contributed by atoms with Crippen molar-refractivity contribution in [3.8, 4) is 0 Å². The normalized spacial score (nSPS) is 18.4. The standard InChI is InChI=1S/C20H24N2O2/c1-15(23)17-9-7-16(8-10-17)13-21-20(24)22-12-11-19(14-22)18-5-3-2-4-6-18/h2-10,15,19,23H,11-14H2,1H3,(H,21,24). The van der Waals surface area contributed by atoms with E-state index in [0.717, 1.165) is 30.6 Å². The van der Waals surface area contributed by atoms with E-state index in [1.807, 2.05) is 35.2 Å². The Kier molecular flexibility index (Phi) is 5.16. The van der Waals surface area contributed by atoms with Gasteiger partial charge in [0.15, 0.2) is 0 Å². The maximum atomic E-state index is 12.3. The fraction of sp³-hybridized carbons (Fsp3) is 0.350. The molecule has 0 aliphatic carbocycles. The van der Waals surface area contributed by atoms with E-state index in [4.69, 9.17) is 0 Å². The number of rotatable bonds is 4. The Labute approximate surface area is 143 Å². The first-order chi connectivity index (χ1) is 11.6. The van der Waals surface area contributed by atoms with E-state index in [1.54, 1.807) is 6.92 Å². The topological polar surface area (TPSA) is 52.6 Å². The van der Waals surface area contributed by atoms with E-state index in [2.05, 4.69) is 29.6 Å². The molecule has 0 aromatic heterocycles. The molecule has 0 radical (unpaired) electrons. The van der Waals surface area contributed by atoms with E-state index in [0.29, 0.717) is 12.5 Å². The highest BCUT2D eigenvalue weighted by molar-refractivity contribution is 5.74. The van der Waals surface area contributed by atoms with Gasteiger partial charge in [0.25, 0.3) is 0 Å². The molecule has 24 heavy (non-hydrogen) atoms. The van der Waals surface area contributed by atoms with Crippen LogP contribution in [0.3, 0.4) is 0 Å². The van der Waals surface area contributed by atoms with Gasteiger partial charge in [0.1, 0.15) is 0 Å². The van der Waals surface area contributed by atoms with Crippen molar-refractivity contribution in [3.63, 3.8) is 0 Å². The summed E-state index contributed by atoms with van der Waals surface area (Å²) in [6.07, 6.45) is 0.550. The summed E-state index contributed by atoms with van der Waals surface area (Å²) in [6, 6.07) is 18.1. The van der Waals surface area contributed by atoms with E-state index in [1.165, 1.54) is 5.56 Å². The molecule has 1 fully saturated rings. The van der Waals surface area contributed by atoms with Gasteiger partial charge in [-0.15, -0.1) is 0 Å². The summed E-state index contributed by atoms with van der Waals surface area (Å²) in [6.45, 7) is 3.82. The summed E-state index contributed by atoms with van der Waals surface area (Å²) in [7, 11) is 0. The van der Waals surface area contributed by atoms with E-state index in [9.17, 15) is 9.90 Å². The van der Waals surface area contributed by atoms with Crippen LogP contribution in [0.2, 0.25) is 0 Å². The molecule has 0 spiro atoms. The predicted molar refractivity (Wildman–Crippen MR) is 94.7 cm³/mol. The number of hydrogen-bond donors (Lipinski definition) is 2. The number of likely N-dealkylation sites (tertiary alicyclic amines) is 1. The number of hydrogen-bond acceptors (Lipinski definition) is 2. The van der Waals surface area contributed by atoms with Gasteiger partial charge in [-0.3, -0.25) is 0 Å². The molecule has 3 rings (SSSR count). The molecule has 4 heteroatoms. The number of carbonyl (C=O) groups excluding carboxylic acids is 1. The van der Waals surface area contributed by atoms with Crippen LogP contribution in [0, 0.1) is 0 Å². The number of nitrogens with one attached hydrogen (secondary N) is 1. The summed E-state index contributed by atoms with van der Waals surface area (Å²) in [4.78, 5) is 14.2. The summed E-state index contributed by atoms with van der Waals surface area (Å²) in [5.41, 5.74) is 3.23. The number of urea groups is 1. The van der Waals surface area contributed by atoms with Crippen LogP contribution in [0.5, 0.6) is 0 Å². The minimum atomic E-state index is -0.465. The second-order valence-electron chi connectivity index (χ2n) is 6.42. The Morgan fingerprint density at radius 1 is 1.21 bits per heavy atom. The number of aliphatic hydroxyl groups is 1. The van der Waals surface area contributed by atoms with Crippen molar-refractivity contribution in [1.29, 1.82) is 0 Å². The van der Waals surface area contributed by atoms with Gasteiger partial charge in [-0.05, 0) is 30.0 Å². The number of aliphatic hydroxyl groups excluding tert-OH is 1. The van der Waals surface area contributed by atoms with Gasteiger partial charge in [-0.25, -0.2) is 4.79 Å². The van der Waals surface area contributed by atoms with E-state index >= 15 is 0 Å². The van der Waals surface area contributed by atoms with Crippen LogP contribution >= 0.6 is 0 Å². The molecular weight excluding hydrogens is 300 g/mol. The Morgan fingerprint density at radius 3 is 2.58 bits per heavy atom. The van der Waals surface area contributed by atoms with Crippen LogP contribution < -0.4 is 5.32 Å². The lowest BCUT2D eigenvalue weighted by Crippen LogP contribution is -2.37. The molecule has 2 aromatic rings. The molecule has 1 aliphatic rings. The molecule has 1 heterocycles. The zero-order chi connectivity index (χ0) is 16.9. The third kappa shape index (κ3) is 3.95. The molecule has 2 unspecified atom stereocenters. The maximum Gasteiger partial charge on any atom is 0.317 e. The van der Waals surface area contributed by atoms with Crippen LogP contribution in [-0.4, -0.2) is 29.1 Å². The zero-order valence-corrected chi connectivity index (χ0v) is 14.0. The molecule has 2 N–H and O–H groups in total. The summed E-state index contributed by atoms with van der Waals surface area (Å²) in [5, 5.41) is 12.5. The fourth-order valence-electron chi connectivity index (χ4n) is 3.15. The van der Waals surface area contributed by atoms with Gasteiger partial charge in [0.2, 0.25) is 0 Å². The molecule has 2 aromatic carbocycles. The molecule has 4 nitrogen and oxygen atoms in total. The zero-order valence-electron chi connectivity index (χ0n) is 14.0. The maximum absolute atomic E-state index is 12.3. The Hall–Kier alpha value is -2.33. The van der Waals surface area contributed by atoms with Crippen LogP contribution in [0.15, 0.2) is 54.6 Å². The van der Waals surface area contributed by atoms with Crippen LogP contribution in [-0.2, 0) is 6.54 Å². The van der Waals surface area contributed by atoms with Gasteiger partial charge in [-0.1, -0.05) is 54.6 Å². The van der Waals surface area contributed by atoms with Crippen LogP contribution in [0.4, 0.5) is 4.79 Å². The Morgan fingerprint density at radius 2 is 1.92 bits per heavy atom. The van der Waals surface area contributed by atoms with Gasteiger partial charge >= 0.3 is 6.03 Å². The third-order valence-corrected chi connectivity index (χ3v) is 4.65. The summed E-state index contributed by atoms with van der Waals surface area (Å²) >= 11 is 0. The van der Waals surface area contributed by atoms with Crippen molar-refractivity contribution < 1.29 is 9.90 Å². The molecule has 0 saturated carbocycles. The SMILES string of the molecule is CC(O)c1ccc(CNC(=O)N2CCC(c3ccccc3)C2)cc1.